The maximum Gasteiger partial charge on any atom is 0.333 e. The van der Waals surface area contributed by atoms with Crippen LogP contribution in [0.15, 0.2) is 34.7 Å². The van der Waals surface area contributed by atoms with Gasteiger partial charge in [-0.3, -0.25) is 4.79 Å². The molecule has 224 valence electrons. The molecule has 4 rings (SSSR count). The first-order valence-electron chi connectivity index (χ1n) is 13.5. The molecule has 2 aliphatic carbocycles. The number of aliphatic carboxylic acids is 1. The highest BCUT2D eigenvalue weighted by Crippen LogP contribution is 2.77. The summed E-state index contributed by atoms with van der Waals surface area (Å²) in [5, 5.41) is 77.7. The minimum absolute atomic E-state index is 0.0324. The number of esters is 1. The van der Waals surface area contributed by atoms with Crippen LogP contribution in [0.1, 0.15) is 57.6 Å². The minimum Gasteiger partial charge on any atom is -0.481 e. The monoisotopic (exact) mass is 568 g/mol. The van der Waals surface area contributed by atoms with Crippen molar-refractivity contribution in [3.63, 3.8) is 0 Å². The number of carboxylic acid groups (broad SMARTS) is 1. The number of rotatable bonds is 9. The molecule has 0 bridgehead atoms. The summed E-state index contributed by atoms with van der Waals surface area (Å²) in [7, 11) is 0. The first-order valence-corrected chi connectivity index (χ1v) is 13.5. The third-order valence-corrected chi connectivity index (χ3v) is 10.6. The quantitative estimate of drug-likeness (QED) is 0.161. The number of hydrogen-bond acceptors (Lipinski definition) is 11. The molecule has 0 amide bonds. The van der Waals surface area contributed by atoms with Gasteiger partial charge in [-0.15, -0.1) is 0 Å². The predicted molar refractivity (Wildman–Crippen MR) is 136 cm³/mol. The summed E-state index contributed by atoms with van der Waals surface area (Å²) in [6.07, 6.45) is -1.92. The number of aliphatic hydroxyl groups is 6. The standard InChI is InChI=1S/C28H40O12/c1-3-16(2)23(36)40-21-4-6-26(14-31)27(9-19(39-24(27)37)17-5-7-38-12-17)18(11-29)8-20(33)28(26,15-32)25(21,13-30)10-22(34)35/h3,5,7,12,18-21,24,29-33,37H,4,6,8-11,13-15H2,1-2H3,(H,34,35)/b16-3-/t18-,19-,20+,21+,24+,25+,26-,27-,28+/m0/s1. The van der Waals surface area contributed by atoms with E-state index in [4.69, 9.17) is 13.9 Å². The second-order valence-electron chi connectivity index (χ2n) is 11.6. The number of hydrogen-bond donors (Lipinski definition) is 7. The number of allylic oxidation sites excluding steroid dienone is 1. The minimum atomic E-state index is -2.00. The van der Waals surface area contributed by atoms with Crippen molar-refractivity contribution in [2.24, 2.45) is 27.6 Å². The van der Waals surface area contributed by atoms with Crippen molar-refractivity contribution < 1.29 is 59.2 Å². The SMILES string of the molecule is C/C=C(/C)C(=O)O[C@@H]1CC[C@]2(CO)[C@@]3(C[C@@H](c4ccoc4)O[C@H]3O)[C@H](CO)C[C@@H](O)[C@]2(CO)[C@@]1(CO)CC(=O)O. The molecule has 1 saturated heterocycles. The topological polar surface area (TPSA) is 207 Å². The molecule has 12 nitrogen and oxygen atoms in total. The first-order chi connectivity index (χ1) is 19.0. The van der Waals surface area contributed by atoms with Gasteiger partial charge in [0.25, 0.3) is 0 Å². The van der Waals surface area contributed by atoms with Gasteiger partial charge < -0.3 is 49.6 Å². The Morgan fingerprint density at radius 2 is 1.88 bits per heavy atom. The first kappa shape index (κ1) is 30.6. The Balaban J connectivity index is 1.99. The largest absolute Gasteiger partial charge is 0.481 e. The van der Waals surface area contributed by atoms with Crippen LogP contribution in [0.2, 0.25) is 0 Å². The Bertz CT molecular complexity index is 1100. The van der Waals surface area contributed by atoms with Crippen molar-refractivity contribution in [2.75, 3.05) is 26.4 Å². The smallest absolute Gasteiger partial charge is 0.333 e. The van der Waals surface area contributed by atoms with Gasteiger partial charge in [0, 0.05) is 34.0 Å². The van der Waals surface area contributed by atoms with Crippen LogP contribution >= 0.6 is 0 Å². The van der Waals surface area contributed by atoms with E-state index >= 15 is 0 Å². The normalized spacial score (nSPS) is 41.6. The number of aliphatic hydroxyl groups excluding tert-OH is 6. The van der Waals surface area contributed by atoms with Crippen LogP contribution in [0, 0.1) is 27.6 Å². The highest BCUT2D eigenvalue weighted by molar-refractivity contribution is 5.87. The van der Waals surface area contributed by atoms with Crippen LogP contribution in [0.25, 0.3) is 0 Å². The molecule has 9 atom stereocenters. The van der Waals surface area contributed by atoms with Gasteiger partial charge in [-0.05, 0) is 51.5 Å². The van der Waals surface area contributed by atoms with E-state index in [1.54, 1.807) is 13.0 Å². The van der Waals surface area contributed by atoms with Crippen molar-refractivity contribution in [1.29, 1.82) is 0 Å². The molecule has 2 saturated carbocycles. The van der Waals surface area contributed by atoms with E-state index in [-0.39, 0.29) is 31.3 Å². The van der Waals surface area contributed by atoms with Gasteiger partial charge >= 0.3 is 11.9 Å². The molecule has 0 radical (unpaired) electrons. The Morgan fingerprint density at radius 3 is 2.40 bits per heavy atom. The van der Waals surface area contributed by atoms with Crippen LogP contribution in [-0.2, 0) is 19.1 Å². The molecule has 0 unspecified atom stereocenters. The third kappa shape index (κ3) is 3.92. The van der Waals surface area contributed by atoms with E-state index in [1.807, 2.05) is 0 Å². The van der Waals surface area contributed by atoms with E-state index < -0.39 is 97.0 Å². The summed E-state index contributed by atoms with van der Waals surface area (Å²) in [4.78, 5) is 25.3. The second-order valence-corrected chi connectivity index (χ2v) is 11.6. The van der Waals surface area contributed by atoms with E-state index in [9.17, 15) is 45.3 Å². The lowest BCUT2D eigenvalue weighted by molar-refractivity contribution is -0.359. The Kier molecular flexibility index (Phi) is 8.55. The van der Waals surface area contributed by atoms with Crippen molar-refractivity contribution in [1.82, 2.24) is 0 Å². The Hall–Kier alpha value is -2.32. The summed E-state index contributed by atoms with van der Waals surface area (Å²) >= 11 is 0. The Morgan fingerprint density at radius 1 is 1.15 bits per heavy atom. The van der Waals surface area contributed by atoms with E-state index in [2.05, 4.69) is 0 Å². The molecule has 40 heavy (non-hydrogen) atoms. The van der Waals surface area contributed by atoms with Gasteiger partial charge in [0.05, 0.1) is 56.4 Å². The van der Waals surface area contributed by atoms with Crippen LogP contribution in [0.3, 0.4) is 0 Å². The van der Waals surface area contributed by atoms with Crippen molar-refractivity contribution in [3.8, 4) is 0 Å². The number of carboxylic acids is 1. The van der Waals surface area contributed by atoms with Crippen molar-refractivity contribution in [3.05, 3.63) is 35.8 Å². The Labute approximate surface area is 231 Å². The molecule has 12 heteroatoms. The number of carbonyl (C=O) groups is 2. The zero-order valence-electron chi connectivity index (χ0n) is 22.7. The highest BCUT2D eigenvalue weighted by atomic mass is 16.6. The van der Waals surface area contributed by atoms with Crippen LogP contribution in [0.5, 0.6) is 0 Å². The van der Waals surface area contributed by atoms with Gasteiger partial charge in [0.1, 0.15) is 6.10 Å². The van der Waals surface area contributed by atoms with Gasteiger partial charge in [0.2, 0.25) is 0 Å². The second kappa shape index (κ2) is 11.2. The van der Waals surface area contributed by atoms with Crippen LogP contribution in [0.4, 0.5) is 0 Å². The molecule has 1 aromatic heterocycles. The molecule has 1 aromatic rings. The average molecular weight is 569 g/mol. The molecule has 7 N–H and O–H groups in total. The molecular formula is C28H40O12. The average Bonchev–Trinajstić information content (AvgIpc) is 3.59. The lowest BCUT2D eigenvalue weighted by Gasteiger charge is -2.73. The predicted octanol–water partition coefficient (Wildman–Crippen LogP) is 0.501. The molecule has 1 spiro atoms. The van der Waals surface area contributed by atoms with E-state index in [0.717, 1.165) is 0 Å². The lowest BCUT2D eigenvalue weighted by atomic mass is 9.31. The summed E-state index contributed by atoms with van der Waals surface area (Å²) in [6, 6.07) is 1.65. The number of fused-ring (bicyclic) bond motifs is 2. The summed E-state index contributed by atoms with van der Waals surface area (Å²) in [5.74, 6) is -2.98. The van der Waals surface area contributed by atoms with Crippen molar-refractivity contribution in [2.45, 2.75) is 70.6 Å². The van der Waals surface area contributed by atoms with Gasteiger partial charge in [-0.1, -0.05) is 6.08 Å². The molecule has 1 aliphatic heterocycles. The van der Waals surface area contributed by atoms with Crippen LogP contribution < -0.4 is 0 Å². The number of ether oxygens (including phenoxy) is 2. The summed E-state index contributed by atoms with van der Waals surface area (Å²) < 4.78 is 17.0. The van der Waals surface area contributed by atoms with Gasteiger partial charge in [-0.2, -0.15) is 0 Å². The zero-order chi connectivity index (χ0) is 29.5. The fraction of sp³-hybridized carbons (Fsp3) is 0.714. The molecule has 3 aliphatic rings. The zero-order valence-corrected chi connectivity index (χ0v) is 22.7. The van der Waals surface area contributed by atoms with Crippen LogP contribution in [-0.4, -0.2) is 92.6 Å². The molecular weight excluding hydrogens is 528 g/mol. The number of furan rings is 1. The summed E-state index contributed by atoms with van der Waals surface area (Å²) in [6.45, 7) is 0.0387. The maximum atomic E-state index is 12.9. The van der Waals surface area contributed by atoms with E-state index in [0.29, 0.717) is 5.56 Å². The molecule has 2 heterocycles. The lowest BCUT2D eigenvalue weighted by Crippen LogP contribution is -2.79. The van der Waals surface area contributed by atoms with Crippen molar-refractivity contribution >= 4 is 11.9 Å². The third-order valence-electron chi connectivity index (χ3n) is 10.6. The van der Waals surface area contributed by atoms with Gasteiger partial charge in [-0.25, -0.2) is 4.79 Å². The summed E-state index contributed by atoms with van der Waals surface area (Å²) in [5.41, 5.74) is -6.36. The fourth-order valence-corrected chi connectivity index (χ4v) is 8.57. The number of carbonyl (C=O) groups excluding carboxylic acids is 1. The van der Waals surface area contributed by atoms with Gasteiger partial charge in [0.15, 0.2) is 6.29 Å². The fourth-order valence-electron chi connectivity index (χ4n) is 8.57. The van der Waals surface area contributed by atoms with E-state index in [1.165, 1.54) is 25.5 Å². The maximum absolute atomic E-state index is 12.9. The molecule has 0 aromatic carbocycles. The highest BCUT2D eigenvalue weighted by Gasteiger charge is 2.82. The molecule has 3 fully saturated rings.